The van der Waals surface area contributed by atoms with Crippen molar-refractivity contribution < 1.29 is 9.59 Å². The number of carbonyl (C=O) groups excluding carboxylic acids is 2. The van der Waals surface area contributed by atoms with Gasteiger partial charge in [-0.15, -0.1) is 11.3 Å². The van der Waals surface area contributed by atoms with Crippen LogP contribution in [-0.4, -0.2) is 44.1 Å². The SMILES string of the molecule is Cc1nc(-c2cnn(C)c2)sc1C(=O)N1CCCCC1CC(N)=O. The van der Waals surface area contributed by atoms with Crippen LogP contribution in [-0.2, 0) is 11.8 Å². The van der Waals surface area contributed by atoms with E-state index in [-0.39, 0.29) is 24.3 Å². The lowest BCUT2D eigenvalue weighted by Crippen LogP contribution is -2.45. The molecule has 1 aliphatic heterocycles. The number of aromatic nitrogens is 3. The van der Waals surface area contributed by atoms with Gasteiger partial charge in [-0.2, -0.15) is 5.10 Å². The van der Waals surface area contributed by atoms with Crippen LogP contribution in [0.25, 0.3) is 10.6 Å². The average molecular weight is 347 g/mol. The van der Waals surface area contributed by atoms with Crippen LogP contribution in [0.4, 0.5) is 0 Å². The largest absolute Gasteiger partial charge is 0.370 e. The highest BCUT2D eigenvalue weighted by Gasteiger charge is 2.31. The molecule has 0 radical (unpaired) electrons. The summed E-state index contributed by atoms with van der Waals surface area (Å²) in [5.41, 5.74) is 6.96. The Hall–Kier alpha value is -2.22. The predicted molar refractivity (Wildman–Crippen MR) is 91.5 cm³/mol. The summed E-state index contributed by atoms with van der Waals surface area (Å²) >= 11 is 1.38. The number of piperidine rings is 1. The van der Waals surface area contributed by atoms with Gasteiger partial charge in [0.1, 0.15) is 9.88 Å². The normalized spacial score (nSPS) is 17.9. The summed E-state index contributed by atoms with van der Waals surface area (Å²) in [6.45, 7) is 2.51. The van der Waals surface area contributed by atoms with E-state index in [1.54, 1.807) is 15.8 Å². The second kappa shape index (κ2) is 6.72. The minimum atomic E-state index is -0.364. The van der Waals surface area contributed by atoms with Gasteiger partial charge in [-0.05, 0) is 26.2 Å². The third kappa shape index (κ3) is 3.33. The fourth-order valence-electron chi connectivity index (χ4n) is 3.09. The first-order valence-corrected chi connectivity index (χ1v) is 8.83. The van der Waals surface area contributed by atoms with E-state index >= 15 is 0 Å². The highest BCUT2D eigenvalue weighted by atomic mass is 32.1. The van der Waals surface area contributed by atoms with Gasteiger partial charge < -0.3 is 10.6 Å². The zero-order valence-electron chi connectivity index (χ0n) is 13.9. The summed E-state index contributed by atoms with van der Waals surface area (Å²) in [6.07, 6.45) is 6.63. The smallest absolute Gasteiger partial charge is 0.266 e. The molecule has 0 aromatic carbocycles. The van der Waals surface area contributed by atoms with Crippen molar-refractivity contribution >= 4 is 23.2 Å². The first kappa shape index (κ1) is 16.6. The van der Waals surface area contributed by atoms with Gasteiger partial charge in [0, 0.05) is 37.8 Å². The number of aryl methyl sites for hydroxylation is 2. The second-order valence-electron chi connectivity index (χ2n) is 6.15. The number of likely N-dealkylation sites (tertiary alicyclic amines) is 1. The summed E-state index contributed by atoms with van der Waals surface area (Å²) in [5.74, 6) is -0.414. The third-order valence-corrected chi connectivity index (χ3v) is 5.46. The van der Waals surface area contributed by atoms with Gasteiger partial charge in [0.05, 0.1) is 11.9 Å². The van der Waals surface area contributed by atoms with E-state index < -0.39 is 0 Å². The molecule has 1 aliphatic rings. The third-order valence-electron chi connectivity index (χ3n) is 4.27. The number of nitrogens with zero attached hydrogens (tertiary/aromatic N) is 4. The fourth-order valence-corrected chi connectivity index (χ4v) is 4.09. The molecule has 2 aromatic heterocycles. The molecule has 2 aromatic rings. The lowest BCUT2D eigenvalue weighted by molar-refractivity contribution is -0.119. The summed E-state index contributed by atoms with van der Waals surface area (Å²) < 4.78 is 1.71. The molecular weight excluding hydrogens is 326 g/mol. The molecule has 1 atom stereocenters. The fraction of sp³-hybridized carbons (Fsp3) is 0.500. The van der Waals surface area contributed by atoms with Crippen molar-refractivity contribution in [1.82, 2.24) is 19.7 Å². The Labute approximate surface area is 144 Å². The zero-order valence-corrected chi connectivity index (χ0v) is 14.7. The van der Waals surface area contributed by atoms with E-state index in [0.29, 0.717) is 17.1 Å². The van der Waals surface area contributed by atoms with E-state index in [9.17, 15) is 9.59 Å². The van der Waals surface area contributed by atoms with Crippen LogP contribution in [0.15, 0.2) is 12.4 Å². The van der Waals surface area contributed by atoms with Crippen LogP contribution in [0, 0.1) is 6.92 Å². The van der Waals surface area contributed by atoms with E-state index in [2.05, 4.69) is 10.1 Å². The van der Waals surface area contributed by atoms with E-state index in [1.165, 1.54) is 11.3 Å². The van der Waals surface area contributed by atoms with Crippen molar-refractivity contribution in [2.75, 3.05) is 6.54 Å². The molecule has 0 bridgehead atoms. The van der Waals surface area contributed by atoms with Crippen LogP contribution in [0.1, 0.15) is 41.0 Å². The van der Waals surface area contributed by atoms with Gasteiger partial charge >= 0.3 is 0 Å². The lowest BCUT2D eigenvalue weighted by atomic mass is 9.98. The number of carbonyl (C=O) groups is 2. The summed E-state index contributed by atoms with van der Waals surface area (Å²) in [4.78, 5) is 31.2. The van der Waals surface area contributed by atoms with Gasteiger partial charge in [-0.1, -0.05) is 0 Å². The number of hydrogen-bond acceptors (Lipinski definition) is 5. The van der Waals surface area contributed by atoms with Crippen molar-refractivity contribution in [1.29, 1.82) is 0 Å². The maximum absolute atomic E-state index is 13.0. The van der Waals surface area contributed by atoms with E-state index in [4.69, 9.17) is 5.73 Å². The lowest BCUT2D eigenvalue weighted by Gasteiger charge is -2.35. The van der Waals surface area contributed by atoms with Crippen LogP contribution < -0.4 is 5.73 Å². The molecule has 3 heterocycles. The standard InChI is InChI=1S/C16H21N5O2S/c1-10-14(24-15(19-10)11-8-18-20(2)9-11)16(23)21-6-4-3-5-12(21)7-13(17)22/h8-9,12H,3-7H2,1-2H3,(H2,17,22). The minimum absolute atomic E-state index is 0.0499. The van der Waals surface area contributed by atoms with Gasteiger partial charge in [-0.3, -0.25) is 14.3 Å². The molecule has 1 fully saturated rings. The topological polar surface area (TPSA) is 94.1 Å². The molecule has 8 heteroatoms. The van der Waals surface area contributed by atoms with Crippen molar-refractivity contribution in [2.24, 2.45) is 12.8 Å². The molecule has 7 nitrogen and oxygen atoms in total. The minimum Gasteiger partial charge on any atom is -0.370 e. The summed E-state index contributed by atoms with van der Waals surface area (Å²) in [7, 11) is 1.85. The van der Waals surface area contributed by atoms with Crippen molar-refractivity contribution in [3.05, 3.63) is 23.0 Å². The maximum atomic E-state index is 13.0. The highest BCUT2D eigenvalue weighted by molar-refractivity contribution is 7.17. The summed E-state index contributed by atoms with van der Waals surface area (Å²) in [5, 5.41) is 4.93. The molecule has 1 unspecified atom stereocenters. The number of nitrogens with two attached hydrogens (primary N) is 1. The van der Waals surface area contributed by atoms with Gasteiger partial charge in [0.25, 0.3) is 5.91 Å². The van der Waals surface area contributed by atoms with Crippen LogP contribution in [0.5, 0.6) is 0 Å². The van der Waals surface area contributed by atoms with Crippen molar-refractivity contribution in [2.45, 2.75) is 38.6 Å². The Balaban J connectivity index is 1.86. The number of primary amides is 1. The van der Waals surface area contributed by atoms with Crippen LogP contribution >= 0.6 is 11.3 Å². The molecule has 24 heavy (non-hydrogen) atoms. The van der Waals surface area contributed by atoms with Crippen LogP contribution in [0.3, 0.4) is 0 Å². The Morgan fingerprint density at radius 1 is 1.42 bits per heavy atom. The molecule has 128 valence electrons. The van der Waals surface area contributed by atoms with Crippen molar-refractivity contribution in [3.8, 4) is 10.6 Å². The monoisotopic (exact) mass is 347 g/mol. The first-order valence-electron chi connectivity index (χ1n) is 8.01. The average Bonchev–Trinajstić information content (AvgIpc) is 3.12. The Kier molecular flexibility index (Phi) is 4.66. The van der Waals surface area contributed by atoms with Crippen LogP contribution in [0.2, 0.25) is 0 Å². The second-order valence-corrected chi connectivity index (χ2v) is 7.15. The number of amides is 2. The molecular formula is C16H21N5O2S. The summed E-state index contributed by atoms with van der Waals surface area (Å²) in [6, 6.07) is -0.105. The van der Waals surface area contributed by atoms with Crippen molar-refractivity contribution in [3.63, 3.8) is 0 Å². The Morgan fingerprint density at radius 2 is 2.21 bits per heavy atom. The number of rotatable bonds is 4. The first-order chi connectivity index (χ1) is 11.5. The van der Waals surface area contributed by atoms with E-state index in [0.717, 1.165) is 29.8 Å². The van der Waals surface area contributed by atoms with Gasteiger partial charge in [-0.25, -0.2) is 4.98 Å². The number of hydrogen-bond donors (Lipinski definition) is 1. The molecule has 0 saturated carbocycles. The predicted octanol–water partition coefficient (Wildman–Crippen LogP) is 1.72. The highest BCUT2D eigenvalue weighted by Crippen LogP contribution is 2.30. The molecule has 0 spiro atoms. The van der Waals surface area contributed by atoms with Gasteiger partial charge in [0.2, 0.25) is 5.91 Å². The Bertz CT molecular complexity index is 766. The Morgan fingerprint density at radius 3 is 2.88 bits per heavy atom. The molecule has 1 saturated heterocycles. The molecule has 3 rings (SSSR count). The number of thiazole rings is 1. The molecule has 2 N–H and O–H groups in total. The quantitative estimate of drug-likeness (QED) is 0.911. The van der Waals surface area contributed by atoms with Gasteiger partial charge in [0.15, 0.2) is 0 Å². The molecule has 2 amide bonds. The van der Waals surface area contributed by atoms with E-state index in [1.807, 2.05) is 20.2 Å². The maximum Gasteiger partial charge on any atom is 0.266 e. The zero-order chi connectivity index (χ0) is 17.3. The molecule has 0 aliphatic carbocycles.